The van der Waals surface area contributed by atoms with Crippen molar-refractivity contribution in [2.24, 2.45) is 0 Å². The summed E-state index contributed by atoms with van der Waals surface area (Å²) in [6, 6.07) is 7.54. The van der Waals surface area contributed by atoms with Gasteiger partial charge < -0.3 is 9.73 Å². The fourth-order valence-electron chi connectivity index (χ4n) is 1.83. The van der Waals surface area contributed by atoms with Crippen LogP contribution in [0.2, 0.25) is 0 Å². The maximum atomic E-state index is 5.46. The first-order chi connectivity index (χ1) is 10.4. The summed E-state index contributed by atoms with van der Waals surface area (Å²) in [5, 5.41) is 20.4. The average Bonchev–Trinajstić information content (AvgIpc) is 3.24. The second-order valence-corrected chi connectivity index (χ2v) is 5.17. The van der Waals surface area contributed by atoms with Crippen LogP contribution >= 0.6 is 11.3 Å². The van der Waals surface area contributed by atoms with E-state index in [0.29, 0.717) is 23.9 Å². The number of tetrazole rings is 1. The van der Waals surface area contributed by atoms with Crippen LogP contribution in [0.25, 0.3) is 16.4 Å². The van der Waals surface area contributed by atoms with E-state index >= 15 is 0 Å². The van der Waals surface area contributed by atoms with Crippen molar-refractivity contribution in [3.63, 3.8) is 0 Å². The molecule has 0 aromatic carbocycles. The summed E-state index contributed by atoms with van der Waals surface area (Å²) in [5.41, 5.74) is 1.40. The van der Waals surface area contributed by atoms with Crippen LogP contribution in [0.15, 0.2) is 40.3 Å². The van der Waals surface area contributed by atoms with Crippen LogP contribution in [-0.2, 0) is 6.54 Å². The molecule has 104 valence electrons. The van der Waals surface area contributed by atoms with Gasteiger partial charge in [0, 0.05) is 0 Å². The second-order valence-electron chi connectivity index (χ2n) is 4.22. The molecule has 0 aliphatic carbocycles. The SMILES string of the molecule is c1csc(-c2nc(CNc3ccc4nnnn4n3)co2)c1. The fraction of sp³-hybridized carbons (Fsp3) is 0.0833. The third kappa shape index (κ3) is 2.34. The molecule has 0 bridgehead atoms. The molecule has 0 saturated carbocycles. The summed E-state index contributed by atoms with van der Waals surface area (Å²) in [5.74, 6) is 1.29. The molecule has 4 aromatic rings. The Bertz CT molecular complexity index is 867. The summed E-state index contributed by atoms with van der Waals surface area (Å²) >= 11 is 1.59. The Labute approximate surface area is 122 Å². The number of nitrogens with one attached hydrogen (secondary N) is 1. The second kappa shape index (κ2) is 4.94. The predicted octanol–water partition coefficient (Wildman–Crippen LogP) is 1.85. The van der Waals surface area contributed by atoms with Gasteiger partial charge in [-0.15, -0.1) is 26.2 Å². The lowest BCUT2D eigenvalue weighted by Crippen LogP contribution is -2.05. The topological polar surface area (TPSA) is 94.0 Å². The van der Waals surface area contributed by atoms with E-state index in [1.54, 1.807) is 23.7 Å². The minimum absolute atomic E-state index is 0.509. The lowest BCUT2D eigenvalue weighted by Gasteiger charge is -2.01. The van der Waals surface area contributed by atoms with Crippen molar-refractivity contribution >= 4 is 22.8 Å². The molecule has 0 radical (unpaired) electrons. The minimum Gasteiger partial charge on any atom is -0.443 e. The molecule has 8 nitrogen and oxygen atoms in total. The first-order valence-electron chi connectivity index (χ1n) is 6.16. The van der Waals surface area contributed by atoms with Crippen LogP contribution in [0, 0.1) is 0 Å². The first-order valence-corrected chi connectivity index (χ1v) is 7.04. The summed E-state index contributed by atoms with van der Waals surface area (Å²) in [4.78, 5) is 5.44. The van der Waals surface area contributed by atoms with Crippen molar-refractivity contribution in [2.45, 2.75) is 6.54 Å². The van der Waals surface area contributed by atoms with Crippen molar-refractivity contribution < 1.29 is 4.42 Å². The summed E-state index contributed by atoms with van der Waals surface area (Å²) in [6.07, 6.45) is 1.64. The Balaban J connectivity index is 1.49. The lowest BCUT2D eigenvalue weighted by molar-refractivity contribution is 0.574. The van der Waals surface area contributed by atoms with Crippen molar-refractivity contribution in [2.75, 3.05) is 5.32 Å². The van der Waals surface area contributed by atoms with E-state index in [-0.39, 0.29) is 0 Å². The van der Waals surface area contributed by atoms with Crippen LogP contribution in [0.1, 0.15) is 5.69 Å². The number of nitrogens with zero attached hydrogens (tertiary/aromatic N) is 6. The normalized spacial score (nSPS) is 11.0. The zero-order valence-electron chi connectivity index (χ0n) is 10.7. The van der Waals surface area contributed by atoms with Gasteiger partial charge in [-0.3, -0.25) is 0 Å². The molecule has 0 unspecified atom stereocenters. The molecular formula is C12H9N7OS. The van der Waals surface area contributed by atoms with Crippen molar-refractivity contribution in [3.8, 4) is 10.8 Å². The molecule has 0 fully saturated rings. The highest BCUT2D eigenvalue weighted by Crippen LogP contribution is 2.23. The third-order valence-electron chi connectivity index (χ3n) is 2.80. The largest absolute Gasteiger partial charge is 0.443 e. The highest BCUT2D eigenvalue weighted by Gasteiger charge is 2.08. The number of oxazole rings is 1. The lowest BCUT2D eigenvalue weighted by atomic mass is 10.4. The molecule has 4 rings (SSSR count). The van der Waals surface area contributed by atoms with E-state index in [1.165, 1.54) is 4.63 Å². The van der Waals surface area contributed by atoms with Crippen LogP contribution in [0.4, 0.5) is 5.82 Å². The highest BCUT2D eigenvalue weighted by molar-refractivity contribution is 7.13. The predicted molar refractivity (Wildman–Crippen MR) is 75.7 cm³/mol. The van der Waals surface area contributed by atoms with Gasteiger partial charge in [-0.1, -0.05) is 6.07 Å². The van der Waals surface area contributed by atoms with Gasteiger partial charge in [-0.2, -0.15) is 0 Å². The van der Waals surface area contributed by atoms with Crippen molar-refractivity contribution in [3.05, 3.63) is 41.6 Å². The molecule has 0 saturated heterocycles. The van der Waals surface area contributed by atoms with E-state index in [4.69, 9.17) is 4.42 Å². The number of aromatic nitrogens is 6. The van der Waals surface area contributed by atoms with Crippen molar-refractivity contribution in [1.82, 2.24) is 30.2 Å². The zero-order chi connectivity index (χ0) is 14.1. The fourth-order valence-corrected chi connectivity index (χ4v) is 2.48. The quantitative estimate of drug-likeness (QED) is 0.614. The van der Waals surface area contributed by atoms with Crippen LogP contribution in [0.5, 0.6) is 0 Å². The van der Waals surface area contributed by atoms with Crippen LogP contribution in [0.3, 0.4) is 0 Å². The number of thiophene rings is 1. The van der Waals surface area contributed by atoms with Gasteiger partial charge in [0.15, 0.2) is 5.65 Å². The van der Waals surface area contributed by atoms with E-state index in [1.807, 2.05) is 23.6 Å². The monoisotopic (exact) mass is 299 g/mol. The third-order valence-corrected chi connectivity index (χ3v) is 3.66. The first kappa shape index (κ1) is 12.0. The Morgan fingerprint density at radius 3 is 3.19 bits per heavy atom. The summed E-state index contributed by atoms with van der Waals surface area (Å²) in [6.45, 7) is 0.509. The molecule has 9 heteroatoms. The molecule has 0 atom stereocenters. The Kier molecular flexibility index (Phi) is 2.82. The van der Waals surface area contributed by atoms with Gasteiger partial charge in [0.25, 0.3) is 0 Å². The Morgan fingerprint density at radius 2 is 2.29 bits per heavy atom. The van der Waals surface area contributed by atoms with Gasteiger partial charge in [0.05, 0.1) is 17.1 Å². The van der Waals surface area contributed by atoms with E-state index < -0.39 is 0 Å². The molecular weight excluding hydrogens is 290 g/mol. The van der Waals surface area contributed by atoms with E-state index in [9.17, 15) is 0 Å². The molecule has 0 aliphatic rings. The summed E-state index contributed by atoms with van der Waals surface area (Å²) < 4.78 is 6.82. The maximum absolute atomic E-state index is 5.46. The van der Waals surface area contributed by atoms with E-state index in [2.05, 4.69) is 30.9 Å². The molecule has 0 spiro atoms. The Hall–Kier alpha value is -2.81. The summed E-state index contributed by atoms with van der Waals surface area (Å²) in [7, 11) is 0. The number of hydrogen-bond donors (Lipinski definition) is 1. The van der Waals surface area contributed by atoms with Gasteiger partial charge in [-0.25, -0.2) is 4.98 Å². The molecule has 0 amide bonds. The van der Waals surface area contributed by atoms with E-state index in [0.717, 1.165) is 10.6 Å². The number of hydrogen-bond acceptors (Lipinski definition) is 8. The van der Waals surface area contributed by atoms with Gasteiger partial charge in [0.2, 0.25) is 5.89 Å². The standard InChI is InChI=1S/C12H9N7OS/c1-2-9(21-5-1)12-14-8(7-20-12)6-13-10-3-4-11-15-17-18-19(11)16-10/h1-5,7H,6H2,(H,13,16). The smallest absolute Gasteiger partial charge is 0.236 e. The molecule has 4 aromatic heterocycles. The average molecular weight is 299 g/mol. The number of anilines is 1. The molecule has 21 heavy (non-hydrogen) atoms. The number of fused-ring (bicyclic) bond motifs is 1. The number of rotatable bonds is 4. The van der Waals surface area contributed by atoms with Gasteiger partial charge in [0.1, 0.15) is 12.1 Å². The van der Waals surface area contributed by atoms with Gasteiger partial charge >= 0.3 is 0 Å². The molecule has 1 N–H and O–H groups in total. The van der Waals surface area contributed by atoms with Gasteiger partial charge in [-0.05, 0) is 34.0 Å². The zero-order valence-corrected chi connectivity index (χ0v) is 11.5. The highest BCUT2D eigenvalue weighted by atomic mass is 32.1. The molecule has 4 heterocycles. The van der Waals surface area contributed by atoms with Crippen LogP contribution < -0.4 is 5.32 Å². The molecule has 0 aliphatic heterocycles. The minimum atomic E-state index is 0.509. The van der Waals surface area contributed by atoms with Crippen molar-refractivity contribution in [1.29, 1.82) is 0 Å². The van der Waals surface area contributed by atoms with Crippen LogP contribution in [-0.4, -0.2) is 30.2 Å². The Morgan fingerprint density at radius 1 is 1.29 bits per heavy atom. The maximum Gasteiger partial charge on any atom is 0.236 e.